The monoisotopic (exact) mass is 224 g/mol. The molecule has 0 saturated carbocycles. The van der Waals surface area contributed by atoms with Crippen molar-refractivity contribution in [1.29, 1.82) is 0 Å². The normalized spacial score (nSPS) is 30.2. The van der Waals surface area contributed by atoms with Crippen LogP contribution >= 0.6 is 0 Å². The Morgan fingerprint density at radius 2 is 2.00 bits per heavy atom. The number of hydrogen-bond donors (Lipinski definition) is 2. The molecule has 4 nitrogen and oxygen atoms in total. The topological polar surface area (TPSA) is 58.9 Å². The molecule has 0 bridgehead atoms. The molecule has 1 aromatic carbocycles. The molecule has 1 saturated heterocycles. The molecule has 0 aliphatic carbocycles. The zero-order chi connectivity index (χ0) is 11.4. The Hall–Kier alpha value is -0.940. The van der Waals surface area contributed by atoms with Crippen LogP contribution in [-0.4, -0.2) is 35.3 Å². The summed E-state index contributed by atoms with van der Waals surface area (Å²) in [6.07, 6.45) is -2.00. The second-order valence-corrected chi connectivity index (χ2v) is 3.88. The van der Waals surface area contributed by atoms with Crippen molar-refractivity contribution in [2.45, 2.75) is 31.5 Å². The molecule has 88 valence electrons. The predicted octanol–water partition coefficient (Wildman–Crippen LogP) is 0.671. The van der Waals surface area contributed by atoms with E-state index in [1.807, 2.05) is 30.3 Å². The van der Waals surface area contributed by atoms with Gasteiger partial charge in [0.15, 0.2) is 6.29 Å². The van der Waals surface area contributed by atoms with Crippen molar-refractivity contribution >= 4 is 0 Å². The maximum absolute atomic E-state index is 9.62. The first kappa shape index (κ1) is 11.5. The van der Waals surface area contributed by atoms with Gasteiger partial charge in [-0.15, -0.1) is 0 Å². The fourth-order valence-electron chi connectivity index (χ4n) is 1.65. The van der Waals surface area contributed by atoms with Gasteiger partial charge in [0.1, 0.15) is 6.10 Å². The van der Waals surface area contributed by atoms with E-state index in [2.05, 4.69) is 0 Å². The Bertz CT molecular complexity index is 314. The van der Waals surface area contributed by atoms with Gasteiger partial charge in [-0.2, -0.15) is 0 Å². The van der Waals surface area contributed by atoms with E-state index in [9.17, 15) is 10.2 Å². The van der Waals surface area contributed by atoms with Gasteiger partial charge in [-0.05, 0) is 12.0 Å². The quantitative estimate of drug-likeness (QED) is 0.792. The van der Waals surface area contributed by atoms with Crippen LogP contribution < -0.4 is 0 Å². The minimum atomic E-state index is -0.961. The highest BCUT2D eigenvalue weighted by Crippen LogP contribution is 2.17. The number of ether oxygens (including phenoxy) is 2. The van der Waals surface area contributed by atoms with Crippen LogP contribution in [0.4, 0.5) is 0 Å². The van der Waals surface area contributed by atoms with E-state index in [1.165, 1.54) is 0 Å². The van der Waals surface area contributed by atoms with Gasteiger partial charge in [-0.1, -0.05) is 30.3 Å². The molecule has 0 amide bonds. The number of aliphatic hydroxyl groups excluding tert-OH is 2. The minimum absolute atomic E-state index is 0.370. The average molecular weight is 224 g/mol. The van der Waals surface area contributed by atoms with Crippen molar-refractivity contribution in [2.24, 2.45) is 0 Å². The number of rotatable bonds is 3. The standard InChI is InChI=1S/C12H16O4/c13-10-6-7-15-12(11(10)14)16-8-9-4-2-1-3-5-9/h1-5,10-14H,6-8H2/t10-,11+,12+/m1/s1. The second kappa shape index (κ2) is 5.41. The molecule has 3 atom stereocenters. The molecule has 16 heavy (non-hydrogen) atoms. The minimum Gasteiger partial charge on any atom is -0.390 e. The van der Waals surface area contributed by atoms with Crippen LogP contribution in [-0.2, 0) is 16.1 Å². The van der Waals surface area contributed by atoms with Crippen molar-refractivity contribution < 1.29 is 19.7 Å². The van der Waals surface area contributed by atoms with Gasteiger partial charge in [0.25, 0.3) is 0 Å². The number of aliphatic hydroxyl groups is 2. The smallest absolute Gasteiger partial charge is 0.186 e. The number of benzene rings is 1. The van der Waals surface area contributed by atoms with E-state index in [0.717, 1.165) is 5.56 Å². The van der Waals surface area contributed by atoms with E-state index in [4.69, 9.17) is 9.47 Å². The Morgan fingerprint density at radius 1 is 1.25 bits per heavy atom. The first-order valence-electron chi connectivity index (χ1n) is 5.40. The van der Waals surface area contributed by atoms with Crippen molar-refractivity contribution in [3.05, 3.63) is 35.9 Å². The molecule has 0 unspecified atom stereocenters. The van der Waals surface area contributed by atoms with E-state index in [1.54, 1.807) is 0 Å². The SMILES string of the molecule is O[C@@H]1[C@H](OCc2ccccc2)OCC[C@H]1O. The molecule has 2 rings (SSSR count). The maximum atomic E-state index is 9.62. The molecular formula is C12H16O4. The zero-order valence-electron chi connectivity index (χ0n) is 8.95. The lowest BCUT2D eigenvalue weighted by molar-refractivity contribution is -0.247. The van der Waals surface area contributed by atoms with Gasteiger partial charge in [-0.3, -0.25) is 0 Å². The summed E-state index contributed by atoms with van der Waals surface area (Å²) in [4.78, 5) is 0. The molecule has 0 spiro atoms. The molecule has 0 radical (unpaired) electrons. The van der Waals surface area contributed by atoms with E-state index < -0.39 is 18.5 Å². The molecule has 1 fully saturated rings. The van der Waals surface area contributed by atoms with Crippen LogP contribution in [0.5, 0.6) is 0 Å². The Labute approximate surface area is 94.4 Å². The summed E-state index contributed by atoms with van der Waals surface area (Å²) < 4.78 is 10.7. The van der Waals surface area contributed by atoms with Crippen LogP contribution in [0.3, 0.4) is 0 Å². The van der Waals surface area contributed by atoms with Crippen molar-refractivity contribution in [3.8, 4) is 0 Å². The van der Waals surface area contributed by atoms with Crippen LogP contribution in [0.2, 0.25) is 0 Å². The summed E-state index contributed by atoms with van der Waals surface area (Å²) in [5.41, 5.74) is 1.01. The van der Waals surface area contributed by atoms with Gasteiger partial charge < -0.3 is 19.7 Å². The summed E-state index contributed by atoms with van der Waals surface area (Å²) in [7, 11) is 0. The van der Waals surface area contributed by atoms with Gasteiger partial charge in [0.05, 0.1) is 19.3 Å². The highest BCUT2D eigenvalue weighted by Gasteiger charge is 2.31. The first-order valence-corrected chi connectivity index (χ1v) is 5.40. The third kappa shape index (κ3) is 2.80. The Balaban J connectivity index is 1.85. The lowest BCUT2D eigenvalue weighted by atomic mass is 10.1. The number of hydrogen-bond acceptors (Lipinski definition) is 4. The summed E-state index contributed by atoms with van der Waals surface area (Å²) in [5.74, 6) is 0. The third-order valence-corrected chi connectivity index (χ3v) is 2.63. The van der Waals surface area contributed by atoms with Gasteiger partial charge >= 0.3 is 0 Å². The van der Waals surface area contributed by atoms with Gasteiger partial charge in [-0.25, -0.2) is 0 Å². The zero-order valence-corrected chi connectivity index (χ0v) is 8.95. The molecule has 1 aliphatic heterocycles. The van der Waals surface area contributed by atoms with E-state index >= 15 is 0 Å². The van der Waals surface area contributed by atoms with E-state index in [-0.39, 0.29) is 0 Å². The van der Waals surface area contributed by atoms with Gasteiger partial charge in [0.2, 0.25) is 0 Å². The molecule has 2 N–H and O–H groups in total. The lowest BCUT2D eigenvalue weighted by Gasteiger charge is -2.31. The Morgan fingerprint density at radius 3 is 2.75 bits per heavy atom. The largest absolute Gasteiger partial charge is 0.390 e. The highest BCUT2D eigenvalue weighted by molar-refractivity contribution is 5.13. The molecule has 1 heterocycles. The molecular weight excluding hydrogens is 208 g/mol. The van der Waals surface area contributed by atoms with Crippen molar-refractivity contribution in [3.63, 3.8) is 0 Å². The average Bonchev–Trinajstić information content (AvgIpc) is 2.32. The van der Waals surface area contributed by atoms with Crippen LogP contribution in [0.25, 0.3) is 0 Å². The fourth-order valence-corrected chi connectivity index (χ4v) is 1.65. The molecule has 0 aromatic heterocycles. The summed E-state index contributed by atoms with van der Waals surface area (Å²) in [6, 6.07) is 9.65. The fraction of sp³-hybridized carbons (Fsp3) is 0.500. The summed E-state index contributed by atoms with van der Waals surface area (Å²) in [6.45, 7) is 0.785. The van der Waals surface area contributed by atoms with E-state index in [0.29, 0.717) is 19.6 Å². The molecule has 1 aromatic rings. The van der Waals surface area contributed by atoms with Crippen molar-refractivity contribution in [1.82, 2.24) is 0 Å². The summed E-state index contributed by atoms with van der Waals surface area (Å²) >= 11 is 0. The molecule has 4 heteroatoms. The second-order valence-electron chi connectivity index (χ2n) is 3.88. The summed E-state index contributed by atoms with van der Waals surface area (Å²) in [5, 5.41) is 19.1. The van der Waals surface area contributed by atoms with Crippen molar-refractivity contribution in [2.75, 3.05) is 6.61 Å². The lowest BCUT2D eigenvalue weighted by Crippen LogP contribution is -2.45. The van der Waals surface area contributed by atoms with Crippen LogP contribution in [0.1, 0.15) is 12.0 Å². The molecule has 1 aliphatic rings. The van der Waals surface area contributed by atoms with Crippen LogP contribution in [0, 0.1) is 0 Å². The highest BCUT2D eigenvalue weighted by atomic mass is 16.7. The predicted molar refractivity (Wildman–Crippen MR) is 57.6 cm³/mol. The van der Waals surface area contributed by atoms with Crippen LogP contribution in [0.15, 0.2) is 30.3 Å². The van der Waals surface area contributed by atoms with Gasteiger partial charge in [0, 0.05) is 0 Å². The first-order chi connectivity index (χ1) is 7.77. The maximum Gasteiger partial charge on any atom is 0.186 e. The Kier molecular flexibility index (Phi) is 3.90. The third-order valence-electron chi connectivity index (χ3n) is 2.63.